The minimum Gasteiger partial charge on any atom is -0.273 e. The van der Waals surface area contributed by atoms with Crippen molar-refractivity contribution in [2.45, 2.75) is 36.0 Å². The quantitative estimate of drug-likeness (QED) is 0.324. The van der Waals surface area contributed by atoms with E-state index < -0.39 is 4.92 Å². The standard InChI is InChI=1S/C21H20N4O3S/c1-2-3-9-21(26)24-23-14-15-10-11-20(18(13-15)25(27)28)29-19-8-4-7-17-16(19)6-5-12-22-17/h4-8,10-14H,2-3,9H2,1H3,(H,24,26)/b23-14-. The molecule has 1 heterocycles. The smallest absolute Gasteiger partial charge is 0.273 e. The molecule has 1 amide bonds. The molecule has 3 rings (SSSR count). The maximum Gasteiger partial charge on any atom is 0.283 e. The number of fused-ring (bicyclic) bond motifs is 1. The lowest BCUT2D eigenvalue weighted by molar-refractivity contribution is -0.387. The summed E-state index contributed by atoms with van der Waals surface area (Å²) in [6.07, 6.45) is 5.25. The topological polar surface area (TPSA) is 97.5 Å². The van der Waals surface area contributed by atoms with E-state index in [1.807, 2.05) is 37.3 Å². The lowest BCUT2D eigenvalue weighted by Crippen LogP contribution is -2.16. The van der Waals surface area contributed by atoms with Crippen LogP contribution in [0.25, 0.3) is 10.9 Å². The Morgan fingerprint density at radius 3 is 2.90 bits per heavy atom. The Morgan fingerprint density at radius 1 is 1.24 bits per heavy atom. The highest BCUT2D eigenvalue weighted by Gasteiger charge is 2.16. The van der Waals surface area contributed by atoms with Crippen molar-refractivity contribution >= 4 is 40.5 Å². The van der Waals surface area contributed by atoms with Crippen molar-refractivity contribution < 1.29 is 9.72 Å². The van der Waals surface area contributed by atoms with Gasteiger partial charge >= 0.3 is 0 Å². The van der Waals surface area contributed by atoms with E-state index in [9.17, 15) is 14.9 Å². The van der Waals surface area contributed by atoms with E-state index in [1.54, 1.807) is 18.3 Å². The number of carbonyl (C=O) groups is 1. The summed E-state index contributed by atoms with van der Waals surface area (Å²) in [6.45, 7) is 2.00. The highest BCUT2D eigenvalue weighted by molar-refractivity contribution is 7.99. The van der Waals surface area contributed by atoms with Crippen molar-refractivity contribution in [1.29, 1.82) is 0 Å². The molecule has 0 fully saturated rings. The fourth-order valence-corrected chi connectivity index (χ4v) is 3.74. The molecule has 0 aliphatic rings. The average molecular weight is 408 g/mol. The van der Waals surface area contributed by atoms with E-state index in [2.05, 4.69) is 15.5 Å². The molecule has 148 valence electrons. The van der Waals surface area contributed by atoms with Gasteiger partial charge in [0, 0.05) is 34.5 Å². The maximum atomic E-state index is 11.6. The number of hydrogen-bond acceptors (Lipinski definition) is 6. The number of aromatic nitrogens is 1. The number of pyridine rings is 1. The summed E-state index contributed by atoms with van der Waals surface area (Å²) in [5, 5.41) is 16.4. The predicted octanol–water partition coefficient (Wildman–Crippen LogP) is 4.93. The second-order valence-corrected chi connectivity index (χ2v) is 7.39. The Bertz CT molecular complexity index is 1060. The van der Waals surface area contributed by atoms with Gasteiger partial charge in [0.2, 0.25) is 5.91 Å². The van der Waals surface area contributed by atoms with Crippen molar-refractivity contribution in [1.82, 2.24) is 10.4 Å². The van der Waals surface area contributed by atoms with Crippen molar-refractivity contribution in [3.8, 4) is 0 Å². The Kier molecular flexibility index (Phi) is 6.91. The van der Waals surface area contributed by atoms with Crippen LogP contribution in [0.2, 0.25) is 0 Å². The normalized spacial score (nSPS) is 11.1. The van der Waals surface area contributed by atoms with Crippen LogP contribution in [0.1, 0.15) is 31.7 Å². The number of nitro groups is 1. The first-order valence-corrected chi connectivity index (χ1v) is 10.0. The predicted molar refractivity (Wildman–Crippen MR) is 114 cm³/mol. The number of nitrogens with one attached hydrogen (secondary N) is 1. The molecule has 0 bridgehead atoms. The summed E-state index contributed by atoms with van der Waals surface area (Å²) in [6, 6.07) is 14.4. The van der Waals surface area contributed by atoms with Crippen LogP contribution < -0.4 is 5.43 Å². The molecule has 0 radical (unpaired) electrons. The fraction of sp³-hybridized carbons (Fsp3) is 0.190. The summed E-state index contributed by atoms with van der Waals surface area (Å²) >= 11 is 1.32. The lowest BCUT2D eigenvalue weighted by atomic mass is 10.2. The van der Waals surface area contributed by atoms with Gasteiger partial charge in [0.15, 0.2) is 0 Å². The number of hydrazone groups is 1. The molecule has 2 aromatic carbocycles. The molecule has 3 aromatic rings. The molecule has 0 aliphatic heterocycles. The van der Waals surface area contributed by atoms with Crippen LogP contribution in [0.4, 0.5) is 5.69 Å². The first-order valence-electron chi connectivity index (χ1n) is 9.20. The molecular weight excluding hydrogens is 388 g/mol. The van der Waals surface area contributed by atoms with Gasteiger partial charge in [0.1, 0.15) is 0 Å². The van der Waals surface area contributed by atoms with Gasteiger partial charge in [-0.3, -0.25) is 19.9 Å². The zero-order valence-corrected chi connectivity index (χ0v) is 16.7. The number of rotatable bonds is 8. The fourth-order valence-electron chi connectivity index (χ4n) is 2.70. The molecular formula is C21H20N4O3S. The van der Waals surface area contributed by atoms with Gasteiger partial charge in [-0.1, -0.05) is 43.3 Å². The van der Waals surface area contributed by atoms with Gasteiger partial charge in [0.25, 0.3) is 5.69 Å². The van der Waals surface area contributed by atoms with Crippen molar-refractivity contribution in [2.75, 3.05) is 0 Å². The molecule has 0 unspecified atom stereocenters. The number of nitro benzene ring substituents is 1. The number of carbonyl (C=O) groups excluding carboxylic acids is 1. The summed E-state index contributed by atoms with van der Waals surface area (Å²) in [7, 11) is 0. The highest BCUT2D eigenvalue weighted by Crippen LogP contribution is 2.38. The third kappa shape index (κ3) is 5.39. The molecule has 0 spiro atoms. The third-order valence-corrected chi connectivity index (χ3v) is 5.31. The zero-order valence-electron chi connectivity index (χ0n) is 15.9. The molecule has 8 heteroatoms. The summed E-state index contributed by atoms with van der Waals surface area (Å²) < 4.78 is 0. The SMILES string of the molecule is CCCCC(=O)N/N=C\c1ccc(Sc2cccc3ncccc23)c([N+](=O)[O-])c1. The van der Waals surface area contributed by atoms with E-state index in [0.717, 1.165) is 28.6 Å². The van der Waals surface area contributed by atoms with Gasteiger partial charge in [-0.15, -0.1) is 0 Å². The van der Waals surface area contributed by atoms with Crippen molar-refractivity contribution in [3.05, 3.63) is 70.4 Å². The zero-order chi connectivity index (χ0) is 20.6. The second kappa shape index (κ2) is 9.79. The van der Waals surface area contributed by atoms with Crippen LogP contribution in [-0.2, 0) is 4.79 Å². The maximum absolute atomic E-state index is 11.6. The number of nitrogens with zero attached hydrogens (tertiary/aromatic N) is 3. The van der Waals surface area contributed by atoms with E-state index in [0.29, 0.717) is 16.9 Å². The first kappa shape index (κ1) is 20.5. The van der Waals surface area contributed by atoms with Crippen molar-refractivity contribution in [2.24, 2.45) is 5.10 Å². The monoisotopic (exact) mass is 408 g/mol. The summed E-state index contributed by atoms with van der Waals surface area (Å²) in [4.78, 5) is 28.5. The Hall–Kier alpha value is -3.26. The summed E-state index contributed by atoms with van der Waals surface area (Å²) in [5.74, 6) is -0.172. The van der Waals surface area contributed by atoms with Gasteiger partial charge in [-0.05, 0) is 30.7 Å². The largest absolute Gasteiger partial charge is 0.283 e. The Balaban J connectivity index is 1.81. The van der Waals surface area contributed by atoms with Gasteiger partial charge in [-0.25, -0.2) is 5.43 Å². The van der Waals surface area contributed by atoms with Crippen LogP contribution in [0, 0.1) is 10.1 Å². The Morgan fingerprint density at radius 2 is 2.10 bits per heavy atom. The van der Waals surface area contributed by atoms with Crippen LogP contribution in [-0.4, -0.2) is 22.0 Å². The third-order valence-electron chi connectivity index (χ3n) is 4.17. The molecule has 29 heavy (non-hydrogen) atoms. The van der Waals surface area contributed by atoms with E-state index in [-0.39, 0.29) is 11.6 Å². The molecule has 0 atom stereocenters. The van der Waals surface area contributed by atoms with Crippen LogP contribution in [0.5, 0.6) is 0 Å². The van der Waals surface area contributed by atoms with Crippen LogP contribution >= 0.6 is 11.8 Å². The van der Waals surface area contributed by atoms with E-state index >= 15 is 0 Å². The number of benzene rings is 2. The highest BCUT2D eigenvalue weighted by atomic mass is 32.2. The summed E-state index contributed by atoms with van der Waals surface area (Å²) in [5.41, 5.74) is 3.80. The van der Waals surface area contributed by atoms with E-state index in [4.69, 9.17) is 0 Å². The van der Waals surface area contributed by atoms with Gasteiger partial charge in [-0.2, -0.15) is 5.10 Å². The van der Waals surface area contributed by atoms with Crippen LogP contribution in [0.15, 0.2) is 69.6 Å². The number of unbranched alkanes of at least 4 members (excludes halogenated alkanes) is 1. The lowest BCUT2D eigenvalue weighted by Gasteiger charge is -2.07. The van der Waals surface area contributed by atoms with Crippen molar-refractivity contribution in [3.63, 3.8) is 0 Å². The first-order chi connectivity index (χ1) is 14.1. The van der Waals surface area contributed by atoms with Gasteiger partial charge in [0.05, 0.1) is 21.6 Å². The van der Waals surface area contributed by atoms with Gasteiger partial charge < -0.3 is 0 Å². The molecule has 7 nitrogen and oxygen atoms in total. The molecule has 0 saturated heterocycles. The second-order valence-electron chi connectivity index (χ2n) is 6.31. The molecule has 1 aromatic heterocycles. The van der Waals surface area contributed by atoms with Crippen LogP contribution in [0.3, 0.4) is 0 Å². The molecule has 0 aliphatic carbocycles. The minimum absolute atomic E-state index is 0.0165. The molecule has 0 saturated carbocycles. The number of amides is 1. The average Bonchev–Trinajstić information content (AvgIpc) is 2.73. The minimum atomic E-state index is -0.414. The Labute approximate surface area is 172 Å². The van der Waals surface area contributed by atoms with E-state index in [1.165, 1.54) is 24.0 Å². The number of hydrogen-bond donors (Lipinski definition) is 1. The molecule has 1 N–H and O–H groups in total.